The van der Waals surface area contributed by atoms with Gasteiger partial charge < -0.3 is 4.52 Å². The van der Waals surface area contributed by atoms with Crippen LogP contribution in [0.3, 0.4) is 0 Å². The van der Waals surface area contributed by atoms with Gasteiger partial charge in [-0.2, -0.15) is 18.2 Å². The third-order valence-corrected chi connectivity index (χ3v) is 2.32. The number of nitrogens with zero attached hydrogens (tertiary/aromatic N) is 3. The first-order valence-corrected chi connectivity index (χ1v) is 4.95. The normalized spacial score (nSPS) is 11.6. The van der Waals surface area contributed by atoms with Gasteiger partial charge in [-0.15, -0.1) is 0 Å². The molecule has 0 aliphatic carbocycles. The van der Waals surface area contributed by atoms with Crippen LogP contribution in [0, 0.1) is 17.0 Å². The predicted molar refractivity (Wildman–Crippen MR) is 56.1 cm³/mol. The minimum atomic E-state index is -4.72. The molecule has 100 valence electrons. The third kappa shape index (κ3) is 2.54. The molecule has 0 bridgehead atoms. The van der Waals surface area contributed by atoms with E-state index in [0.29, 0.717) is 5.56 Å². The van der Waals surface area contributed by atoms with Gasteiger partial charge in [0.25, 0.3) is 5.69 Å². The standard InChI is InChI=1S/C10H6F3N3O3/c1-5-4-6(2-3-7(5)16(17)18)8-14-9(19-15-8)10(11,12)13/h2-4H,1H3. The number of nitro benzene ring substituents is 1. The monoisotopic (exact) mass is 273 g/mol. The number of alkyl halides is 3. The molecule has 0 saturated carbocycles. The summed E-state index contributed by atoms with van der Waals surface area (Å²) >= 11 is 0. The van der Waals surface area contributed by atoms with Crippen LogP contribution in [0.2, 0.25) is 0 Å². The number of nitro groups is 1. The molecule has 0 amide bonds. The van der Waals surface area contributed by atoms with Crippen molar-refractivity contribution in [2.45, 2.75) is 13.1 Å². The van der Waals surface area contributed by atoms with E-state index >= 15 is 0 Å². The van der Waals surface area contributed by atoms with Gasteiger partial charge in [-0.05, 0) is 19.1 Å². The minimum Gasteiger partial charge on any atom is -0.329 e. The van der Waals surface area contributed by atoms with Crippen molar-refractivity contribution < 1.29 is 22.6 Å². The van der Waals surface area contributed by atoms with Crippen LogP contribution in [0.5, 0.6) is 0 Å². The maximum atomic E-state index is 12.3. The lowest BCUT2D eigenvalue weighted by atomic mass is 10.1. The second kappa shape index (κ2) is 4.34. The fraction of sp³-hybridized carbons (Fsp3) is 0.200. The summed E-state index contributed by atoms with van der Waals surface area (Å²) in [4.78, 5) is 13.2. The maximum Gasteiger partial charge on any atom is 0.471 e. The Morgan fingerprint density at radius 1 is 1.37 bits per heavy atom. The molecule has 0 aliphatic heterocycles. The molecular formula is C10H6F3N3O3. The van der Waals surface area contributed by atoms with Gasteiger partial charge in [-0.25, -0.2) is 0 Å². The molecule has 0 spiro atoms. The van der Waals surface area contributed by atoms with Gasteiger partial charge in [-0.1, -0.05) is 5.16 Å². The van der Waals surface area contributed by atoms with Gasteiger partial charge in [0.05, 0.1) is 4.92 Å². The lowest BCUT2D eigenvalue weighted by molar-refractivity contribution is -0.385. The highest BCUT2D eigenvalue weighted by molar-refractivity contribution is 5.59. The van der Waals surface area contributed by atoms with E-state index in [1.165, 1.54) is 25.1 Å². The second-order valence-electron chi connectivity index (χ2n) is 3.68. The van der Waals surface area contributed by atoms with Gasteiger partial charge >= 0.3 is 12.1 Å². The number of halogens is 3. The van der Waals surface area contributed by atoms with Crippen molar-refractivity contribution in [3.63, 3.8) is 0 Å². The summed E-state index contributed by atoms with van der Waals surface area (Å²) in [5.41, 5.74) is 0.367. The van der Waals surface area contributed by atoms with Crippen molar-refractivity contribution in [2.24, 2.45) is 0 Å². The Kier molecular flexibility index (Phi) is 2.97. The van der Waals surface area contributed by atoms with Crippen molar-refractivity contribution >= 4 is 5.69 Å². The summed E-state index contributed by atoms with van der Waals surface area (Å²) < 4.78 is 40.9. The maximum absolute atomic E-state index is 12.3. The molecule has 0 N–H and O–H groups in total. The summed E-state index contributed by atoms with van der Waals surface area (Å²) in [6.07, 6.45) is -4.72. The van der Waals surface area contributed by atoms with Gasteiger partial charge in [0.15, 0.2) is 0 Å². The van der Waals surface area contributed by atoms with Crippen LogP contribution in [-0.4, -0.2) is 15.1 Å². The Balaban J connectivity index is 2.40. The summed E-state index contributed by atoms with van der Waals surface area (Å²) in [7, 11) is 0. The number of aryl methyl sites for hydroxylation is 1. The van der Waals surface area contributed by atoms with Crippen molar-refractivity contribution in [3.05, 3.63) is 39.8 Å². The van der Waals surface area contributed by atoms with Crippen molar-refractivity contribution in [3.8, 4) is 11.4 Å². The zero-order valence-corrected chi connectivity index (χ0v) is 9.43. The average Bonchev–Trinajstić information content (AvgIpc) is 2.76. The van der Waals surface area contributed by atoms with Crippen molar-refractivity contribution in [1.82, 2.24) is 10.1 Å². The van der Waals surface area contributed by atoms with Crippen LogP contribution in [0.1, 0.15) is 11.5 Å². The Morgan fingerprint density at radius 3 is 2.53 bits per heavy atom. The molecule has 1 aromatic carbocycles. The predicted octanol–water partition coefficient (Wildman–Crippen LogP) is 2.97. The fourth-order valence-electron chi connectivity index (χ4n) is 1.46. The largest absolute Gasteiger partial charge is 0.471 e. The molecule has 0 saturated heterocycles. The first-order valence-electron chi connectivity index (χ1n) is 4.95. The van der Waals surface area contributed by atoms with E-state index in [9.17, 15) is 23.3 Å². The Labute approximate surface area is 104 Å². The van der Waals surface area contributed by atoms with Crippen molar-refractivity contribution in [2.75, 3.05) is 0 Å². The first-order chi connectivity index (χ1) is 8.79. The second-order valence-corrected chi connectivity index (χ2v) is 3.68. The van der Waals surface area contributed by atoms with E-state index in [-0.39, 0.29) is 17.1 Å². The summed E-state index contributed by atoms with van der Waals surface area (Å²) in [5, 5.41) is 13.8. The molecule has 0 atom stereocenters. The molecule has 2 rings (SSSR count). The molecule has 0 fully saturated rings. The third-order valence-electron chi connectivity index (χ3n) is 2.32. The Bertz CT molecular complexity index is 636. The van der Waals surface area contributed by atoms with Crippen LogP contribution >= 0.6 is 0 Å². The van der Waals surface area contributed by atoms with Gasteiger partial charge in [0, 0.05) is 17.2 Å². The summed E-state index contributed by atoms with van der Waals surface area (Å²) in [5.74, 6) is -1.73. The summed E-state index contributed by atoms with van der Waals surface area (Å²) in [6, 6.07) is 3.76. The zero-order chi connectivity index (χ0) is 14.2. The lowest BCUT2D eigenvalue weighted by Crippen LogP contribution is -2.04. The Hall–Kier alpha value is -2.45. The quantitative estimate of drug-likeness (QED) is 0.620. The molecule has 0 aliphatic rings. The molecular weight excluding hydrogens is 267 g/mol. The van der Waals surface area contributed by atoms with Crippen LogP contribution in [-0.2, 0) is 6.18 Å². The van der Waals surface area contributed by atoms with E-state index in [1.54, 1.807) is 0 Å². The minimum absolute atomic E-state index is 0.136. The van der Waals surface area contributed by atoms with E-state index in [4.69, 9.17) is 0 Å². The van der Waals surface area contributed by atoms with Gasteiger partial charge in [0.1, 0.15) is 0 Å². The first kappa shape index (κ1) is 13.0. The van der Waals surface area contributed by atoms with Crippen LogP contribution < -0.4 is 0 Å². The summed E-state index contributed by atoms with van der Waals surface area (Å²) in [6.45, 7) is 1.46. The molecule has 19 heavy (non-hydrogen) atoms. The molecule has 2 aromatic rings. The molecule has 0 unspecified atom stereocenters. The van der Waals surface area contributed by atoms with Crippen LogP contribution in [0.4, 0.5) is 18.9 Å². The highest BCUT2D eigenvalue weighted by Gasteiger charge is 2.38. The van der Waals surface area contributed by atoms with Crippen molar-refractivity contribution in [1.29, 1.82) is 0 Å². The SMILES string of the molecule is Cc1cc(-c2noc(C(F)(F)F)n2)ccc1[N+](=O)[O-]. The Morgan fingerprint density at radius 2 is 2.05 bits per heavy atom. The smallest absolute Gasteiger partial charge is 0.329 e. The fourth-order valence-corrected chi connectivity index (χ4v) is 1.46. The van der Waals surface area contributed by atoms with Gasteiger partial charge in [-0.3, -0.25) is 10.1 Å². The molecule has 9 heteroatoms. The van der Waals surface area contributed by atoms with Crippen LogP contribution in [0.15, 0.2) is 22.7 Å². The highest BCUT2D eigenvalue weighted by atomic mass is 19.4. The number of hydrogen-bond donors (Lipinski definition) is 0. The van der Waals surface area contributed by atoms with E-state index < -0.39 is 17.0 Å². The molecule has 0 radical (unpaired) electrons. The number of aromatic nitrogens is 2. The topological polar surface area (TPSA) is 82.1 Å². The molecule has 1 heterocycles. The number of rotatable bonds is 2. The van der Waals surface area contributed by atoms with Gasteiger partial charge in [0.2, 0.25) is 5.82 Å². The van der Waals surface area contributed by atoms with E-state index in [1.807, 2.05) is 0 Å². The highest BCUT2D eigenvalue weighted by Crippen LogP contribution is 2.30. The molecule has 6 nitrogen and oxygen atoms in total. The van der Waals surface area contributed by atoms with E-state index in [0.717, 1.165) is 0 Å². The number of hydrogen-bond acceptors (Lipinski definition) is 5. The number of benzene rings is 1. The van der Waals surface area contributed by atoms with Crippen LogP contribution in [0.25, 0.3) is 11.4 Å². The lowest BCUT2D eigenvalue weighted by Gasteiger charge is -1.99. The zero-order valence-electron chi connectivity index (χ0n) is 9.43. The van der Waals surface area contributed by atoms with E-state index in [2.05, 4.69) is 14.7 Å². The molecule has 1 aromatic heterocycles. The average molecular weight is 273 g/mol.